The van der Waals surface area contributed by atoms with E-state index in [0.717, 1.165) is 31.7 Å². The molecule has 98 valence electrons. The lowest BCUT2D eigenvalue weighted by molar-refractivity contribution is -0.0304. The predicted octanol–water partition coefficient (Wildman–Crippen LogP) is 2.37. The number of hydrogen-bond acceptors (Lipinski definition) is 3. The van der Waals surface area contributed by atoms with E-state index in [0.29, 0.717) is 0 Å². The molecule has 1 saturated heterocycles. The van der Waals surface area contributed by atoms with E-state index in [-0.39, 0.29) is 17.9 Å². The van der Waals surface area contributed by atoms with Crippen molar-refractivity contribution in [3.05, 3.63) is 35.9 Å². The molecule has 2 rings (SSSR count). The Morgan fingerprint density at radius 1 is 1.44 bits per heavy atom. The summed E-state index contributed by atoms with van der Waals surface area (Å²) in [5.41, 5.74) is 0.809. The number of Topliss-reactive ketones (excluding diaryl/α,β-unsaturated/α-hetero) is 1. The van der Waals surface area contributed by atoms with Gasteiger partial charge in [-0.25, -0.2) is 0 Å². The van der Waals surface area contributed by atoms with Crippen LogP contribution in [0.3, 0.4) is 0 Å². The van der Waals surface area contributed by atoms with Gasteiger partial charge in [-0.15, -0.1) is 0 Å². The third-order valence-electron chi connectivity index (χ3n) is 3.46. The largest absolute Gasteiger partial charge is 0.376 e. The second-order valence-corrected chi connectivity index (χ2v) is 4.83. The number of benzene rings is 1. The van der Waals surface area contributed by atoms with Crippen LogP contribution in [-0.4, -0.2) is 42.5 Å². The van der Waals surface area contributed by atoms with Crippen LogP contribution in [0.2, 0.25) is 0 Å². The van der Waals surface area contributed by atoms with Gasteiger partial charge in [-0.3, -0.25) is 9.69 Å². The van der Waals surface area contributed by atoms with Crippen LogP contribution >= 0.6 is 0 Å². The fourth-order valence-electron chi connectivity index (χ4n) is 2.53. The Labute approximate surface area is 109 Å². The number of morpholine rings is 1. The van der Waals surface area contributed by atoms with Crippen LogP contribution in [-0.2, 0) is 4.74 Å². The van der Waals surface area contributed by atoms with E-state index in [1.54, 1.807) is 0 Å². The van der Waals surface area contributed by atoms with Crippen molar-refractivity contribution in [2.75, 3.05) is 19.7 Å². The predicted molar refractivity (Wildman–Crippen MR) is 71.8 cm³/mol. The number of ether oxygens (including phenoxy) is 1. The Hall–Kier alpha value is -1.19. The smallest absolute Gasteiger partial charge is 0.179 e. The van der Waals surface area contributed by atoms with Crippen LogP contribution < -0.4 is 0 Å². The first-order chi connectivity index (χ1) is 8.72. The lowest BCUT2D eigenvalue weighted by atomic mass is 10.00. The van der Waals surface area contributed by atoms with Crippen molar-refractivity contribution in [1.29, 1.82) is 0 Å². The van der Waals surface area contributed by atoms with Gasteiger partial charge in [0.15, 0.2) is 5.78 Å². The van der Waals surface area contributed by atoms with Gasteiger partial charge in [-0.2, -0.15) is 0 Å². The monoisotopic (exact) mass is 247 g/mol. The molecule has 0 N–H and O–H groups in total. The van der Waals surface area contributed by atoms with Gasteiger partial charge in [-0.1, -0.05) is 37.3 Å². The molecule has 2 atom stereocenters. The van der Waals surface area contributed by atoms with Crippen molar-refractivity contribution in [2.45, 2.75) is 32.4 Å². The highest BCUT2D eigenvalue weighted by Gasteiger charge is 2.28. The first-order valence-electron chi connectivity index (χ1n) is 6.67. The van der Waals surface area contributed by atoms with Crippen molar-refractivity contribution in [3.8, 4) is 0 Å². The van der Waals surface area contributed by atoms with E-state index < -0.39 is 0 Å². The van der Waals surface area contributed by atoms with E-state index in [4.69, 9.17) is 4.74 Å². The number of hydrogen-bond donors (Lipinski definition) is 0. The normalized spacial score (nSPS) is 22.7. The van der Waals surface area contributed by atoms with Crippen molar-refractivity contribution >= 4 is 5.78 Å². The molecule has 2 unspecified atom stereocenters. The molecule has 1 aliphatic rings. The van der Waals surface area contributed by atoms with E-state index in [1.165, 1.54) is 0 Å². The number of carbonyl (C=O) groups excluding carboxylic acids is 1. The van der Waals surface area contributed by atoms with Crippen LogP contribution in [0.25, 0.3) is 0 Å². The Bertz CT molecular complexity index is 391. The quantitative estimate of drug-likeness (QED) is 0.765. The number of ketones is 1. The summed E-state index contributed by atoms with van der Waals surface area (Å²) < 4.78 is 5.54. The molecule has 0 aromatic heterocycles. The number of carbonyl (C=O) groups is 1. The van der Waals surface area contributed by atoms with Crippen LogP contribution in [0.1, 0.15) is 30.6 Å². The molecule has 1 fully saturated rings. The van der Waals surface area contributed by atoms with Crippen LogP contribution in [0.4, 0.5) is 0 Å². The second kappa shape index (κ2) is 6.12. The zero-order chi connectivity index (χ0) is 13.0. The summed E-state index contributed by atoms with van der Waals surface area (Å²) in [7, 11) is 0. The zero-order valence-electron chi connectivity index (χ0n) is 11.1. The Morgan fingerprint density at radius 3 is 2.78 bits per heavy atom. The third-order valence-corrected chi connectivity index (χ3v) is 3.46. The van der Waals surface area contributed by atoms with Crippen molar-refractivity contribution in [2.24, 2.45) is 0 Å². The summed E-state index contributed by atoms with van der Waals surface area (Å²) in [6.07, 6.45) is 1.07. The molecule has 0 spiro atoms. The van der Waals surface area contributed by atoms with Crippen molar-refractivity contribution < 1.29 is 9.53 Å². The lowest BCUT2D eigenvalue weighted by Crippen LogP contribution is -2.49. The Morgan fingerprint density at radius 2 is 2.17 bits per heavy atom. The Kier molecular flexibility index (Phi) is 4.50. The van der Waals surface area contributed by atoms with E-state index in [9.17, 15) is 4.79 Å². The SMILES string of the molecule is CCC(C(=O)c1ccccc1)N1CCOC(C)C1. The zero-order valence-corrected chi connectivity index (χ0v) is 11.1. The van der Waals surface area contributed by atoms with Crippen LogP contribution in [0, 0.1) is 0 Å². The first kappa shape index (κ1) is 13.2. The molecule has 1 aliphatic heterocycles. The van der Waals surface area contributed by atoms with Crippen molar-refractivity contribution in [3.63, 3.8) is 0 Å². The van der Waals surface area contributed by atoms with Gasteiger partial charge in [0.2, 0.25) is 0 Å². The topological polar surface area (TPSA) is 29.5 Å². The molecular weight excluding hydrogens is 226 g/mol. The average Bonchev–Trinajstić information content (AvgIpc) is 2.40. The summed E-state index contributed by atoms with van der Waals surface area (Å²) >= 11 is 0. The van der Waals surface area contributed by atoms with Gasteiger partial charge < -0.3 is 4.74 Å². The highest BCUT2D eigenvalue weighted by Crippen LogP contribution is 2.16. The van der Waals surface area contributed by atoms with Gasteiger partial charge in [0.25, 0.3) is 0 Å². The average molecular weight is 247 g/mol. The third kappa shape index (κ3) is 2.98. The minimum absolute atomic E-state index is 0.0150. The highest BCUT2D eigenvalue weighted by molar-refractivity contribution is 6.00. The fourth-order valence-corrected chi connectivity index (χ4v) is 2.53. The highest BCUT2D eigenvalue weighted by atomic mass is 16.5. The van der Waals surface area contributed by atoms with E-state index in [1.807, 2.05) is 30.3 Å². The maximum Gasteiger partial charge on any atom is 0.179 e. The number of rotatable bonds is 4. The first-order valence-corrected chi connectivity index (χ1v) is 6.67. The van der Waals surface area contributed by atoms with Gasteiger partial charge >= 0.3 is 0 Å². The molecule has 1 aromatic rings. The molecule has 0 amide bonds. The van der Waals surface area contributed by atoms with E-state index >= 15 is 0 Å². The summed E-state index contributed by atoms with van der Waals surface area (Å²) in [5, 5.41) is 0. The lowest BCUT2D eigenvalue weighted by Gasteiger charge is -2.36. The molecule has 0 radical (unpaired) electrons. The van der Waals surface area contributed by atoms with Gasteiger partial charge in [0, 0.05) is 18.7 Å². The molecular formula is C15H21NO2. The standard InChI is InChI=1S/C15H21NO2/c1-3-14(16-9-10-18-12(2)11-16)15(17)13-7-5-4-6-8-13/h4-8,12,14H,3,9-11H2,1-2H3. The summed E-state index contributed by atoms with van der Waals surface area (Å²) in [6, 6.07) is 9.56. The summed E-state index contributed by atoms with van der Waals surface area (Å²) in [6.45, 7) is 6.55. The maximum absolute atomic E-state index is 12.5. The molecule has 0 saturated carbocycles. The van der Waals surface area contributed by atoms with Gasteiger partial charge in [-0.05, 0) is 13.3 Å². The molecule has 0 bridgehead atoms. The number of nitrogens with zero attached hydrogens (tertiary/aromatic N) is 1. The maximum atomic E-state index is 12.5. The molecule has 3 heteroatoms. The second-order valence-electron chi connectivity index (χ2n) is 4.83. The van der Waals surface area contributed by atoms with Crippen molar-refractivity contribution in [1.82, 2.24) is 4.90 Å². The van der Waals surface area contributed by atoms with Gasteiger partial charge in [0.05, 0.1) is 18.8 Å². The summed E-state index contributed by atoms with van der Waals surface area (Å²) in [4.78, 5) is 14.8. The molecule has 1 aromatic carbocycles. The minimum atomic E-state index is -0.0150. The Balaban J connectivity index is 2.10. The van der Waals surface area contributed by atoms with Gasteiger partial charge in [0.1, 0.15) is 0 Å². The fraction of sp³-hybridized carbons (Fsp3) is 0.533. The molecule has 18 heavy (non-hydrogen) atoms. The minimum Gasteiger partial charge on any atom is -0.376 e. The van der Waals surface area contributed by atoms with E-state index in [2.05, 4.69) is 18.7 Å². The molecule has 0 aliphatic carbocycles. The molecule has 3 nitrogen and oxygen atoms in total. The summed E-state index contributed by atoms with van der Waals surface area (Å²) in [5.74, 6) is 0.229. The van der Waals surface area contributed by atoms with Crippen LogP contribution in [0.15, 0.2) is 30.3 Å². The van der Waals surface area contributed by atoms with Crippen LogP contribution in [0.5, 0.6) is 0 Å². The molecule has 1 heterocycles.